The van der Waals surface area contributed by atoms with Crippen LogP contribution in [0, 0.1) is 0 Å². The van der Waals surface area contributed by atoms with Gasteiger partial charge in [-0.25, -0.2) is 0 Å². The minimum atomic E-state index is -0.380. The lowest BCUT2D eigenvalue weighted by Crippen LogP contribution is -2.30. The minimum Gasteiger partial charge on any atom is -0.509 e. The standard InChI is InChI=1S/C19H33NO3/c1-4-5-6-7-8-9-10-11-12-13-14-16(21)17-18(22)15(2)20(3)19(17)23/h15,22H,4-14H2,1-3H3/t15-/m0/s1. The SMILES string of the molecule is CCCCCCCCCCCCC(=O)C1=C(O)[C@H](C)N(C)C1=O. The molecule has 4 nitrogen and oxygen atoms in total. The van der Waals surface area contributed by atoms with E-state index in [-0.39, 0.29) is 29.1 Å². The zero-order valence-electron chi connectivity index (χ0n) is 15.1. The molecule has 1 rings (SSSR count). The number of carbonyl (C=O) groups excluding carboxylic acids is 2. The molecule has 0 aromatic carbocycles. The van der Waals surface area contributed by atoms with Gasteiger partial charge in [-0.3, -0.25) is 9.59 Å². The second-order valence-corrected chi connectivity index (χ2v) is 6.71. The lowest BCUT2D eigenvalue weighted by atomic mass is 10.0. The Kier molecular flexibility index (Phi) is 8.97. The van der Waals surface area contributed by atoms with E-state index in [9.17, 15) is 14.7 Å². The quantitative estimate of drug-likeness (QED) is 0.424. The number of carbonyl (C=O) groups is 2. The van der Waals surface area contributed by atoms with Gasteiger partial charge in [0, 0.05) is 13.5 Å². The molecule has 1 aliphatic rings. The molecule has 23 heavy (non-hydrogen) atoms. The van der Waals surface area contributed by atoms with Gasteiger partial charge in [-0.1, -0.05) is 64.7 Å². The molecule has 4 heteroatoms. The molecule has 132 valence electrons. The molecular weight excluding hydrogens is 290 g/mol. The van der Waals surface area contributed by atoms with Crippen molar-refractivity contribution in [3.63, 3.8) is 0 Å². The molecule has 0 saturated carbocycles. The van der Waals surface area contributed by atoms with Crippen LogP contribution in [0.4, 0.5) is 0 Å². The number of hydrogen-bond acceptors (Lipinski definition) is 3. The molecule has 0 fully saturated rings. The number of amides is 1. The first-order valence-electron chi connectivity index (χ1n) is 9.24. The van der Waals surface area contributed by atoms with Crippen LogP contribution >= 0.6 is 0 Å². The summed E-state index contributed by atoms with van der Waals surface area (Å²) in [6, 6.07) is -0.380. The van der Waals surface area contributed by atoms with Crippen LogP contribution in [-0.4, -0.2) is 34.8 Å². The number of aliphatic hydroxyl groups is 1. The monoisotopic (exact) mass is 323 g/mol. The van der Waals surface area contributed by atoms with Crippen molar-refractivity contribution in [2.75, 3.05) is 7.05 Å². The predicted molar refractivity (Wildman–Crippen MR) is 93.4 cm³/mol. The average molecular weight is 323 g/mol. The molecule has 0 unspecified atom stereocenters. The first-order valence-corrected chi connectivity index (χ1v) is 9.24. The topological polar surface area (TPSA) is 57.6 Å². The van der Waals surface area contributed by atoms with E-state index in [1.165, 1.54) is 49.8 Å². The minimum absolute atomic E-state index is 0.0101. The molecule has 0 spiro atoms. The van der Waals surface area contributed by atoms with Crippen molar-refractivity contribution >= 4 is 11.7 Å². The zero-order chi connectivity index (χ0) is 17.2. The maximum atomic E-state index is 12.1. The van der Waals surface area contributed by atoms with Crippen molar-refractivity contribution in [1.29, 1.82) is 0 Å². The van der Waals surface area contributed by atoms with E-state index in [2.05, 4.69) is 6.92 Å². The zero-order valence-corrected chi connectivity index (χ0v) is 15.1. The lowest BCUT2D eigenvalue weighted by Gasteiger charge is -2.14. The fourth-order valence-corrected chi connectivity index (χ4v) is 3.01. The number of nitrogens with zero attached hydrogens (tertiary/aromatic N) is 1. The Labute approximate surface area is 140 Å². The van der Waals surface area contributed by atoms with Gasteiger partial charge >= 0.3 is 0 Å². The van der Waals surface area contributed by atoms with Gasteiger partial charge in [0.25, 0.3) is 5.91 Å². The van der Waals surface area contributed by atoms with Crippen molar-refractivity contribution in [2.24, 2.45) is 0 Å². The highest BCUT2D eigenvalue weighted by molar-refractivity contribution is 6.21. The van der Waals surface area contributed by atoms with Crippen molar-refractivity contribution < 1.29 is 14.7 Å². The fourth-order valence-electron chi connectivity index (χ4n) is 3.01. The fraction of sp³-hybridized carbons (Fsp3) is 0.789. The molecule has 0 radical (unpaired) electrons. The van der Waals surface area contributed by atoms with Crippen LogP contribution < -0.4 is 0 Å². The van der Waals surface area contributed by atoms with Gasteiger partial charge in [-0.05, 0) is 13.3 Å². The number of unbranched alkanes of at least 4 members (excludes halogenated alkanes) is 9. The van der Waals surface area contributed by atoms with Gasteiger partial charge in [0.1, 0.15) is 11.3 Å². The summed E-state index contributed by atoms with van der Waals surface area (Å²) < 4.78 is 0. The average Bonchev–Trinajstić information content (AvgIpc) is 2.72. The highest BCUT2D eigenvalue weighted by atomic mass is 16.3. The maximum absolute atomic E-state index is 12.1. The summed E-state index contributed by atoms with van der Waals surface area (Å²) >= 11 is 0. The Bertz CT molecular complexity index is 428. The van der Waals surface area contributed by atoms with Crippen LogP contribution in [0.25, 0.3) is 0 Å². The number of likely N-dealkylation sites (N-methyl/N-ethyl adjacent to an activating group) is 1. The molecule has 0 aromatic heterocycles. The van der Waals surface area contributed by atoms with Crippen LogP contribution in [0.3, 0.4) is 0 Å². The molecule has 1 N–H and O–H groups in total. The van der Waals surface area contributed by atoms with Crippen molar-refractivity contribution in [3.05, 3.63) is 11.3 Å². The Morgan fingerprint density at radius 3 is 1.91 bits per heavy atom. The van der Waals surface area contributed by atoms with Crippen LogP contribution in [-0.2, 0) is 9.59 Å². The van der Waals surface area contributed by atoms with Gasteiger partial charge in [0.15, 0.2) is 5.78 Å². The Morgan fingerprint density at radius 2 is 1.48 bits per heavy atom. The molecule has 0 aromatic rings. The summed E-state index contributed by atoms with van der Waals surface area (Å²) in [7, 11) is 1.62. The summed E-state index contributed by atoms with van der Waals surface area (Å²) in [6.07, 6.45) is 12.5. The van der Waals surface area contributed by atoms with Crippen LogP contribution in [0.1, 0.15) is 84.5 Å². The highest BCUT2D eigenvalue weighted by Crippen LogP contribution is 2.24. The summed E-state index contributed by atoms with van der Waals surface area (Å²) in [5.41, 5.74) is 0.0101. The molecule has 1 aliphatic heterocycles. The third kappa shape index (κ3) is 6.00. The van der Waals surface area contributed by atoms with E-state index in [0.717, 1.165) is 19.3 Å². The van der Waals surface area contributed by atoms with Gasteiger partial charge < -0.3 is 10.0 Å². The summed E-state index contributed by atoms with van der Waals surface area (Å²) in [6.45, 7) is 3.96. The van der Waals surface area contributed by atoms with Gasteiger partial charge in [-0.15, -0.1) is 0 Å². The number of rotatable bonds is 12. The molecule has 1 amide bonds. The molecule has 1 heterocycles. The molecule has 0 bridgehead atoms. The number of Topliss-reactive ketones (excluding diaryl/α,β-unsaturated/α-hetero) is 1. The lowest BCUT2D eigenvalue weighted by molar-refractivity contribution is -0.128. The number of ketones is 1. The molecular formula is C19H33NO3. The Hall–Kier alpha value is -1.32. The third-order valence-electron chi connectivity index (χ3n) is 4.80. The summed E-state index contributed by atoms with van der Waals surface area (Å²) in [4.78, 5) is 25.5. The molecule has 1 atom stereocenters. The largest absolute Gasteiger partial charge is 0.509 e. The van der Waals surface area contributed by atoms with Gasteiger partial charge in [0.2, 0.25) is 0 Å². The van der Waals surface area contributed by atoms with E-state index >= 15 is 0 Å². The van der Waals surface area contributed by atoms with Crippen molar-refractivity contribution in [2.45, 2.75) is 90.5 Å². The predicted octanol–water partition coefficient (Wildman–Crippen LogP) is 4.54. The smallest absolute Gasteiger partial charge is 0.261 e. The van der Waals surface area contributed by atoms with Gasteiger partial charge in [0.05, 0.1) is 6.04 Å². The molecule has 0 aliphatic carbocycles. The number of hydrogen-bond donors (Lipinski definition) is 1. The van der Waals surface area contributed by atoms with E-state index in [4.69, 9.17) is 0 Å². The molecule has 0 saturated heterocycles. The third-order valence-corrected chi connectivity index (χ3v) is 4.80. The maximum Gasteiger partial charge on any atom is 0.261 e. The van der Waals surface area contributed by atoms with E-state index in [0.29, 0.717) is 6.42 Å². The first kappa shape index (κ1) is 19.7. The second-order valence-electron chi connectivity index (χ2n) is 6.71. The normalized spacial score (nSPS) is 18.1. The van der Waals surface area contributed by atoms with E-state index in [1.807, 2.05) is 0 Å². The van der Waals surface area contributed by atoms with Crippen LogP contribution in [0.5, 0.6) is 0 Å². The Morgan fingerprint density at radius 1 is 1.00 bits per heavy atom. The van der Waals surface area contributed by atoms with Gasteiger partial charge in [-0.2, -0.15) is 0 Å². The number of aliphatic hydroxyl groups excluding tert-OH is 1. The second kappa shape index (κ2) is 10.5. The van der Waals surface area contributed by atoms with Crippen LogP contribution in [0.15, 0.2) is 11.3 Å². The summed E-state index contributed by atoms with van der Waals surface area (Å²) in [5, 5.41) is 9.93. The van der Waals surface area contributed by atoms with Crippen molar-refractivity contribution in [3.8, 4) is 0 Å². The highest BCUT2D eigenvalue weighted by Gasteiger charge is 2.37. The van der Waals surface area contributed by atoms with E-state index in [1.54, 1.807) is 14.0 Å². The summed E-state index contributed by atoms with van der Waals surface area (Å²) in [5.74, 6) is -0.607. The van der Waals surface area contributed by atoms with Crippen LogP contribution in [0.2, 0.25) is 0 Å². The Balaban J connectivity index is 2.12. The first-order chi connectivity index (χ1) is 11.0. The van der Waals surface area contributed by atoms with Crippen molar-refractivity contribution in [1.82, 2.24) is 4.90 Å². The van der Waals surface area contributed by atoms with E-state index < -0.39 is 0 Å².